The fraction of sp³-hybridized carbons (Fsp3) is 0.429. The maximum atomic E-state index is 12.3. The normalized spacial score (nSPS) is 21.3. The van der Waals surface area contributed by atoms with Crippen LogP contribution in [0.5, 0.6) is 0 Å². The zero-order valence-corrected chi connectivity index (χ0v) is 13.2. The number of amides is 2. The Morgan fingerprint density at radius 2 is 2.17 bits per heavy atom. The Bertz CT molecular complexity index is 583. The van der Waals surface area contributed by atoms with Crippen molar-refractivity contribution in [3.8, 4) is 0 Å². The summed E-state index contributed by atoms with van der Waals surface area (Å²) < 4.78 is 0. The molecule has 2 amide bonds. The van der Waals surface area contributed by atoms with Crippen LogP contribution >= 0.6 is 11.8 Å². The molecule has 1 aliphatic heterocycles. The molecule has 1 aliphatic rings. The number of thioether (sulfide) groups is 1. The Hall–Kier alpha value is -2.29. The molecule has 1 saturated heterocycles. The minimum absolute atomic E-state index is 0.228. The first-order valence-corrected chi connectivity index (χ1v) is 7.92. The molecule has 8 nitrogen and oxygen atoms in total. The monoisotopic (exact) mass is 339 g/mol. The predicted molar refractivity (Wildman–Crippen MR) is 84.4 cm³/mol. The van der Waals surface area contributed by atoms with Crippen LogP contribution in [-0.4, -0.2) is 40.2 Å². The van der Waals surface area contributed by atoms with Gasteiger partial charge in [-0.3, -0.25) is 9.59 Å². The maximum Gasteiger partial charge on any atom is 0.294 e. The first-order valence-electron chi connectivity index (χ1n) is 7.04. The van der Waals surface area contributed by atoms with Crippen molar-refractivity contribution in [3.63, 3.8) is 0 Å². The summed E-state index contributed by atoms with van der Waals surface area (Å²) in [5.41, 5.74) is 1.03. The quantitative estimate of drug-likeness (QED) is 0.569. The van der Waals surface area contributed by atoms with E-state index < -0.39 is 17.2 Å². The summed E-state index contributed by atoms with van der Waals surface area (Å²) >= 11 is 1.09. The first-order chi connectivity index (χ1) is 11.0. The summed E-state index contributed by atoms with van der Waals surface area (Å²) in [6.07, 6.45) is 0.572. The van der Waals surface area contributed by atoms with E-state index in [9.17, 15) is 19.7 Å². The van der Waals surface area contributed by atoms with E-state index in [4.69, 9.17) is 0 Å². The molecule has 124 valence electrons. The van der Waals surface area contributed by atoms with Crippen molar-refractivity contribution >= 4 is 22.9 Å². The minimum Gasteiger partial charge on any atom is -0.350 e. The van der Waals surface area contributed by atoms with Crippen LogP contribution in [0, 0.1) is 10.1 Å². The van der Waals surface area contributed by atoms with E-state index in [1.165, 1.54) is 0 Å². The molecular weight excluding hydrogens is 322 g/mol. The second kappa shape index (κ2) is 7.82. The third kappa shape index (κ3) is 5.13. The van der Waals surface area contributed by atoms with E-state index in [1.54, 1.807) is 6.92 Å². The number of carbonyl (C=O) groups excluding carboxylic acids is 2. The van der Waals surface area contributed by atoms with Crippen molar-refractivity contribution in [2.45, 2.75) is 30.7 Å². The van der Waals surface area contributed by atoms with Crippen molar-refractivity contribution in [1.82, 2.24) is 10.6 Å². The molecule has 0 aliphatic carbocycles. The summed E-state index contributed by atoms with van der Waals surface area (Å²) in [6.45, 7) is 1.35. The van der Waals surface area contributed by atoms with E-state index >= 15 is 0 Å². The van der Waals surface area contributed by atoms with Gasteiger partial charge in [0.15, 0.2) is 0 Å². The molecule has 0 saturated carbocycles. The molecular formula is C14H17N3O5S. The summed E-state index contributed by atoms with van der Waals surface area (Å²) in [6, 6.07) is 8.36. The van der Waals surface area contributed by atoms with Crippen LogP contribution in [0.2, 0.25) is 0 Å². The highest BCUT2D eigenvalue weighted by molar-refractivity contribution is 8.14. The smallest absolute Gasteiger partial charge is 0.294 e. The Kier molecular flexibility index (Phi) is 5.80. The summed E-state index contributed by atoms with van der Waals surface area (Å²) in [7, 11) is 0. The molecule has 1 aromatic carbocycles. The zero-order chi connectivity index (χ0) is 16.8. The molecule has 0 aromatic heterocycles. The van der Waals surface area contributed by atoms with Gasteiger partial charge in [0.25, 0.3) is 10.3 Å². The molecule has 1 aromatic rings. The highest BCUT2D eigenvalue weighted by Crippen LogP contribution is 2.27. The molecule has 0 spiro atoms. The summed E-state index contributed by atoms with van der Waals surface area (Å²) in [5.74, 6) is -0.372. The van der Waals surface area contributed by atoms with E-state index in [-0.39, 0.29) is 23.0 Å². The van der Waals surface area contributed by atoms with Gasteiger partial charge in [-0.25, -0.2) is 0 Å². The molecule has 0 radical (unpaired) electrons. The number of nitrogens with zero attached hydrogens (tertiary/aromatic N) is 1. The van der Waals surface area contributed by atoms with E-state index in [0.717, 1.165) is 17.3 Å². The van der Waals surface area contributed by atoms with Crippen LogP contribution in [0.25, 0.3) is 0 Å². The van der Waals surface area contributed by atoms with Gasteiger partial charge in [-0.1, -0.05) is 42.1 Å². The van der Waals surface area contributed by atoms with Gasteiger partial charge in [-0.05, 0) is 18.9 Å². The van der Waals surface area contributed by atoms with Crippen molar-refractivity contribution in [2.75, 3.05) is 6.61 Å². The predicted octanol–water partition coefficient (Wildman–Crippen LogP) is 1.14. The van der Waals surface area contributed by atoms with E-state index in [2.05, 4.69) is 15.5 Å². The number of rotatable bonds is 7. The Labute approximate surface area is 137 Å². The summed E-state index contributed by atoms with van der Waals surface area (Å²) in [5, 5.41) is 14.0. The molecule has 1 fully saturated rings. The lowest BCUT2D eigenvalue weighted by molar-refractivity contribution is -0.758. The summed E-state index contributed by atoms with van der Waals surface area (Å²) in [4.78, 5) is 38.3. The topological polar surface area (TPSA) is 111 Å². The van der Waals surface area contributed by atoms with Crippen molar-refractivity contribution < 1.29 is 19.5 Å². The Balaban J connectivity index is 1.94. The second-order valence-corrected chi connectivity index (χ2v) is 6.40. The highest BCUT2D eigenvalue weighted by atomic mass is 32.2. The molecule has 1 heterocycles. The number of hydrogen-bond acceptors (Lipinski definition) is 6. The maximum absolute atomic E-state index is 12.3. The third-order valence-electron chi connectivity index (χ3n) is 3.28. The lowest BCUT2D eigenvalue weighted by Gasteiger charge is -2.20. The molecule has 0 bridgehead atoms. The van der Waals surface area contributed by atoms with Gasteiger partial charge in [-0.15, -0.1) is 10.1 Å². The molecule has 3 atom stereocenters. The zero-order valence-electron chi connectivity index (χ0n) is 12.4. The van der Waals surface area contributed by atoms with Crippen LogP contribution in [-0.2, 0) is 16.1 Å². The first kappa shape index (κ1) is 17.1. The number of hydrogen-bond donors (Lipinski definition) is 2. The van der Waals surface area contributed by atoms with Gasteiger partial charge in [0.1, 0.15) is 12.6 Å². The molecule has 2 N–H and O–H groups in total. The number of benzene rings is 1. The number of nitrogens with one attached hydrogen (secondary N) is 2. The minimum atomic E-state index is -0.909. The van der Waals surface area contributed by atoms with Crippen LogP contribution in [0.3, 0.4) is 0 Å². The van der Waals surface area contributed by atoms with Gasteiger partial charge in [0, 0.05) is 11.3 Å². The van der Waals surface area contributed by atoms with Gasteiger partial charge in [0.2, 0.25) is 5.91 Å². The largest absolute Gasteiger partial charge is 0.350 e. The lowest BCUT2D eigenvalue weighted by Crippen LogP contribution is -2.50. The van der Waals surface area contributed by atoms with E-state index in [0.29, 0.717) is 6.42 Å². The standard InChI is InChI=1S/C14H17N3O5S/c1-9(8-22-17(20)21)15-13(18)12-11(23-14(19)16-12)7-10-5-3-2-4-6-10/h2-6,9,11-12H,7-8H2,1H3,(H,15,18)(H,16,19). The fourth-order valence-corrected chi connectivity index (χ4v) is 3.32. The van der Waals surface area contributed by atoms with Gasteiger partial charge in [-0.2, -0.15) is 0 Å². The molecule has 9 heteroatoms. The van der Waals surface area contributed by atoms with Crippen LogP contribution in [0.4, 0.5) is 4.79 Å². The fourth-order valence-electron chi connectivity index (χ4n) is 2.25. The number of carbonyl (C=O) groups is 2. The van der Waals surface area contributed by atoms with Crippen LogP contribution in [0.1, 0.15) is 12.5 Å². The average Bonchev–Trinajstić information content (AvgIpc) is 2.87. The second-order valence-electron chi connectivity index (χ2n) is 5.18. The highest BCUT2D eigenvalue weighted by Gasteiger charge is 2.38. The van der Waals surface area contributed by atoms with Crippen LogP contribution < -0.4 is 10.6 Å². The lowest BCUT2D eigenvalue weighted by atomic mass is 10.0. The third-order valence-corrected chi connectivity index (χ3v) is 4.36. The van der Waals surface area contributed by atoms with Crippen LogP contribution in [0.15, 0.2) is 30.3 Å². The van der Waals surface area contributed by atoms with Gasteiger partial charge >= 0.3 is 0 Å². The molecule has 23 heavy (non-hydrogen) atoms. The average molecular weight is 339 g/mol. The SMILES string of the molecule is CC(CO[N+](=O)[O-])NC(=O)C1NC(=O)SC1Cc1ccccc1. The van der Waals surface area contributed by atoms with Crippen molar-refractivity contribution in [2.24, 2.45) is 0 Å². The van der Waals surface area contributed by atoms with Crippen molar-refractivity contribution in [3.05, 3.63) is 46.0 Å². The molecule has 2 rings (SSSR count). The molecule has 3 unspecified atom stereocenters. The van der Waals surface area contributed by atoms with Gasteiger partial charge < -0.3 is 15.5 Å². The van der Waals surface area contributed by atoms with E-state index in [1.807, 2.05) is 30.3 Å². The van der Waals surface area contributed by atoms with Crippen molar-refractivity contribution in [1.29, 1.82) is 0 Å². The van der Waals surface area contributed by atoms with Gasteiger partial charge in [0.05, 0.1) is 0 Å². The Morgan fingerprint density at radius 3 is 2.83 bits per heavy atom. The Morgan fingerprint density at radius 1 is 1.48 bits per heavy atom.